The van der Waals surface area contributed by atoms with Crippen molar-refractivity contribution >= 4 is 46.0 Å². The molecule has 26 heavy (non-hydrogen) atoms. The van der Waals surface area contributed by atoms with Gasteiger partial charge in [-0.05, 0) is 42.0 Å². The van der Waals surface area contributed by atoms with Crippen LogP contribution in [0.25, 0.3) is 6.08 Å². The molecular weight excluding hydrogens is 381 g/mol. The first-order chi connectivity index (χ1) is 12.3. The predicted molar refractivity (Wildman–Crippen MR) is 98.3 cm³/mol. The molecule has 0 atom stereocenters. The molecule has 0 aromatic heterocycles. The average Bonchev–Trinajstić information content (AvgIpc) is 2.88. The second-order valence-electron chi connectivity index (χ2n) is 5.30. The quantitative estimate of drug-likeness (QED) is 0.536. The maximum absolute atomic E-state index is 12.9. The number of amides is 1. The fourth-order valence-electron chi connectivity index (χ4n) is 2.32. The highest BCUT2D eigenvalue weighted by Gasteiger charge is 2.36. The molecule has 0 unspecified atom stereocenters. The van der Waals surface area contributed by atoms with Gasteiger partial charge in [-0.1, -0.05) is 42.2 Å². The van der Waals surface area contributed by atoms with E-state index in [0.717, 1.165) is 28.8 Å². The molecule has 8 heteroatoms. The molecule has 0 spiro atoms. The normalized spacial score (nSPS) is 16.2. The van der Waals surface area contributed by atoms with Gasteiger partial charge in [0.1, 0.15) is 0 Å². The highest BCUT2D eigenvalue weighted by molar-refractivity contribution is 8.27. The van der Waals surface area contributed by atoms with Gasteiger partial charge in [0.2, 0.25) is 0 Å². The molecule has 1 saturated heterocycles. The summed E-state index contributed by atoms with van der Waals surface area (Å²) in [6, 6.07) is 13.0. The van der Waals surface area contributed by atoms with Crippen molar-refractivity contribution in [1.82, 2.24) is 0 Å². The molecule has 0 saturated carbocycles. The first-order valence-corrected chi connectivity index (χ1v) is 8.47. The number of nitriles is 1. The molecule has 0 bridgehead atoms. The molecule has 1 fully saturated rings. The second kappa shape index (κ2) is 6.94. The average molecular weight is 390 g/mol. The second-order valence-corrected chi connectivity index (χ2v) is 6.97. The number of carbonyl (C=O) groups is 1. The molecular formula is C18H9F3N2OS2. The molecule has 2 aromatic rings. The summed E-state index contributed by atoms with van der Waals surface area (Å²) in [5.41, 5.74) is 0.401. The molecule has 0 radical (unpaired) electrons. The van der Waals surface area contributed by atoms with E-state index < -0.39 is 17.6 Å². The number of benzene rings is 2. The standard InChI is InChI=1S/C18H9F3N2OS2/c19-18(20,21)13-2-1-3-14(9-13)23-16(24)15(26-17(23)25)8-11-4-6-12(10-22)7-5-11/h1-9H. The van der Waals surface area contributed by atoms with Crippen molar-refractivity contribution in [3.05, 3.63) is 70.1 Å². The minimum Gasteiger partial charge on any atom is -0.268 e. The predicted octanol–water partition coefficient (Wildman–Crippen LogP) is 4.98. The summed E-state index contributed by atoms with van der Waals surface area (Å²) in [6.45, 7) is 0. The molecule has 1 aliphatic rings. The van der Waals surface area contributed by atoms with Crippen LogP contribution in [0, 0.1) is 11.3 Å². The van der Waals surface area contributed by atoms with E-state index in [2.05, 4.69) is 0 Å². The zero-order valence-corrected chi connectivity index (χ0v) is 14.6. The minimum absolute atomic E-state index is 0.0746. The Balaban J connectivity index is 1.92. The van der Waals surface area contributed by atoms with E-state index in [1.165, 1.54) is 12.1 Å². The van der Waals surface area contributed by atoms with Gasteiger partial charge >= 0.3 is 6.18 Å². The molecule has 1 aliphatic heterocycles. The van der Waals surface area contributed by atoms with Gasteiger partial charge in [0.25, 0.3) is 5.91 Å². The summed E-state index contributed by atoms with van der Waals surface area (Å²) in [5, 5.41) is 8.80. The Morgan fingerprint density at radius 2 is 1.85 bits per heavy atom. The Bertz CT molecular complexity index is 960. The minimum atomic E-state index is -4.51. The van der Waals surface area contributed by atoms with E-state index in [4.69, 9.17) is 17.5 Å². The van der Waals surface area contributed by atoms with E-state index >= 15 is 0 Å². The van der Waals surface area contributed by atoms with Crippen LogP contribution in [0.1, 0.15) is 16.7 Å². The van der Waals surface area contributed by atoms with Gasteiger partial charge in [0.05, 0.1) is 27.8 Å². The lowest BCUT2D eigenvalue weighted by molar-refractivity contribution is -0.137. The molecule has 1 heterocycles. The molecule has 3 nitrogen and oxygen atoms in total. The number of anilines is 1. The van der Waals surface area contributed by atoms with Crippen LogP contribution in [0.15, 0.2) is 53.4 Å². The Labute approximate surface area is 156 Å². The number of rotatable bonds is 2. The van der Waals surface area contributed by atoms with Gasteiger partial charge in [-0.15, -0.1) is 0 Å². The van der Waals surface area contributed by atoms with Crippen LogP contribution in [-0.4, -0.2) is 10.2 Å². The molecule has 1 amide bonds. The number of halogens is 3. The van der Waals surface area contributed by atoms with Crippen LogP contribution in [0.4, 0.5) is 18.9 Å². The van der Waals surface area contributed by atoms with Crippen molar-refractivity contribution < 1.29 is 18.0 Å². The number of hydrogen-bond donors (Lipinski definition) is 0. The number of carbonyl (C=O) groups excluding carboxylic acids is 1. The van der Waals surface area contributed by atoms with Gasteiger partial charge < -0.3 is 0 Å². The first-order valence-electron chi connectivity index (χ1n) is 7.25. The summed E-state index contributed by atoms with van der Waals surface area (Å²) < 4.78 is 38.9. The van der Waals surface area contributed by atoms with Gasteiger partial charge in [-0.2, -0.15) is 18.4 Å². The molecule has 2 aromatic carbocycles. The lowest BCUT2D eigenvalue weighted by atomic mass is 10.1. The van der Waals surface area contributed by atoms with Crippen LogP contribution in [-0.2, 0) is 11.0 Å². The molecule has 130 valence electrons. The zero-order valence-electron chi connectivity index (χ0n) is 12.9. The Hall–Kier alpha value is -2.63. The summed E-state index contributed by atoms with van der Waals surface area (Å²) in [5.74, 6) is -0.483. The van der Waals surface area contributed by atoms with E-state index in [9.17, 15) is 18.0 Å². The molecule has 3 rings (SSSR count). The van der Waals surface area contributed by atoms with E-state index in [1.807, 2.05) is 6.07 Å². The number of thioether (sulfide) groups is 1. The maximum atomic E-state index is 12.9. The summed E-state index contributed by atoms with van der Waals surface area (Å²) in [4.78, 5) is 14.0. The molecule has 0 N–H and O–H groups in total. The van der Waals surface area contributed by atoms with Crippen molar-refractivity contribution in [1.29, 1.82) is 5.26 Å². The Kier molecular flexibility index (Phi) is 4.85. The molecule has 0 aliphatic carbocycles. The lowest BCUT2D eigenvalue weighted by Gasteiger charge is -2.16. The fourth-order valence-corrected chi connectivity index (χ4v) is 3.62. The topological polar surface area (TPSA) is 44.1 Å². The van der Waals surface area contributed by atoms with Crippen molar-refractivity contribution in [3.63, 3.8) is 0 Å². The third-order valence-corrected chi connectivity index (χ3v) is 4.87. The van der Waals surface area contributed by atoms with Crippen molar-refractivity contribution in [3.8, 4) is 6.07 Å². The maximum Gasteiger partial charge on any atom is 0.416 e. The summed E-state index contributed by atoms with van der Waals surface area (Å²) >= 11 is 6.19. The van der Waals surface area contributed by atoms with Crippen molar-refractivity contribution in [2.45, 2.75) is 6.18 Å². The first kappa shape index (κ1) is 18.2. The Morgan fingerprint density at radius 3 is 2.46 bits per heavy atom. The van der Waals surface area contributed by atoms with Gasteiger partial charge in [0, 0.05) is 0 Å². The largest absolute Gasteiger partial charge is 0.416 e. The van der Waals surface area contributed by atoms with Gasteiger partial charge in [0.15, 0.2) is 4.32 Å². The third kappa shape index (κ3) is 3.64. The summed E-state index contributed by atoms with van der Waals surface area (Å²) in [7, 11) is 0. The van der Waals surface area contributed by atoms with E-state index in [1.54, 1.807) is 30.3 Å². The van der Waals surface area contributed by atoms with Crippen LogP contribution in [0.2, 0.25) is 0 Å². The lowest BCUT2D eigenvalue weighted by Crippen LogP contribution is -2.27. The monoisotopic (exact) mass is 390 g/mol. The van der Waals surface area contributed by atoms with Crippen LogP contribution >= 0.6 is 24.0 Å². The number of nitrogens with zero attached hydrogens (tertiary/aromatic N) is 2. The van der Waals surface area contributed by atoms with Crippen molar-refractivity contribution in [2.75, 3.05) is 4.90 Å². The van der Waals surface area contributed by atoms with Crippen molar-refractivity contribution in [2.24, 2.45) is 0 Å². The SMILES string of the molecule is N#Cc1ccc(C=C2SC(=S)N(c3cccc(C(F)(F)F)c3)C2=O)cc1. The zero-order chi connectivity index (χ0) is 18.9. The smallest absolute Gasteiger partial charge is 0.268 e. The van der Waals surface area contributed by atoms with Crippen LogP contribution in [0.3, 0.4) is 0 Å². The highest BCUT2D eigenvalue weighted by atomic mass is 32.2. The third-order valence-electron chi connectivity index (χ3n) is 3.56. The number of thiocarbonyl (C=S) groups is 1. The van der Waals surface area contributed by atoms with Crippen LogP contribution in [0.5, 0.6) is 0 Å². The summed E-state index contributed by atoms with van der Waals surface area (Å²) in [6.07, 6.45) is -2.91. The van der Waals surface area contributed by atoms with Crippen LogP contribution < -0.4 is 4.90 Å². The number of hydrogen-bond acceptors (Lipinski definition) is 4. The highest BCUT2D eigenvalue weighted by Crippen LogP contribution is 2.38. The van der Waals surface area contributed by atoms with E-state index in [0.29, 0.717) is 16.0 Å². The Morgan fingerprint density at radius 1 is 1.15 bits per heavy atom. The number of alkyl halides is 3. The van der Waals surface area contributed by atoms with Gasteiger partial charge in [-0.25, -0.2) is 0 Å². The van der Waals surface area contributed by atoms with Gasteiger partial charge in [-0.3, -0.25) is 9.69 Å². The fraction of sp³-hybridized carbons (Fsp3) is 0.0556. The van der Waals surface area contributed by atoms with E-state index in [-0.39, 0.29) is 10.0 Å².